The van der Waals surface area contributed by atoms with Crippen molar-refractivity contribution >= 4 is 39.7 Å². The minimum Gasteiger partial charge on any atom is -0.0596 e. The van der Waals surface area contributed by atoms with Crippen LogP contribution in [0.15, 0.2) is 0 Å². The van der Waals surface area contributed by atoms with Crippen LogP contribution in [0.1, 0.15) is 38.5 Å². The van der Waals surface area contributed by atoms with E-state index < -0.39 is 5.98 Å². The van der Waals surface area contributed by atoms with Crippen LogP contribution in [0.2, 0.25) is 0 Å². The summed E-state index contributed by atoms with van der Waals surface area (Å²) in [5.41, 5.74) is 0. The van der Waals surface area contributed by atoms with Gasteiger partial charge in [0.05, 0.1) is 0 Å². The molecule has 1 saturated carbocycles. The van der Waals surface area contributed by atoms with Crippen molar-refractivity contribution in [2.75, 3.05) is 0 Å². The van der Waals surface area contributed by atoms with Gasteiger partial charge in [0.25, 0.3) is 0 Å². The molecule has 0 aromatic heterocycles. The standard InChI is InChI=1S/C6H12.Cl3P/c1-2-4-6-5-3-1;1-4(2)3/h1-6H2;. The molecule has 0 saturated heterocycles. The van der Waals surface area contributed by atoms with E-state index in [-0.39, 0.29) is 0 Å². The summed E-state index contributed by atoms with van der Waals surface area (Å²) < 4.78 is 0. The van der Waals surface area contributed by atoms with Crippen molar-refractivity contribution in [3.63, 3.8) is 0 Å². The maximum atomic E-state index is 4.87. The van der Waals surface area contributed by atoms with Gasteiger partial charge in [-0.05, 0) is 0 Å². The molecule has 0 bridgehead atoms. The minimum absolute atomic E-state index is 1.20. The van der Waals surface area contributed by atoms with Crippen LogP contribution in [0.5, 0.6) is 0 Å². The first kappa shape index (κ1) is 11.3. The first-order valence-electron chi connectivity index (χ1n) is 3.51. The predicted molar refractivity (Wildman–Crippen MR) is 52.2 cm³/mol. The molecule has 10 heavy (non-hydrogen) atoms. The number of hydrogen-bond acceptors (Lipinski definition) is 0. The molecule has 0 aliphatic heterocycles. The average Bonchev–Trinajstić information content (AvgIpc) is 1.90. The third-order valence-electron chi connectivity index (χ3n) is 1.50. The molecular formula is C6H12Cl3P. The van der Waals surface area contributed by atoms with Crippen LogP contribution in [-0.2, 0) is 0 Å². The molecule has 0 atom stereocenters. The topological polar surface area (TPSA) is 0 Å². The molecule has 0 N–H and O–H groups in total. The van der Waals surface area contributed by atoms with Gasteiger partial charge in [-0.2, -0.15) is 0 Å². The molecular weight excluding hydrogens is 209 g/mol. The maximum absolute atomic E-state index is 4.87. The number of hydrogen-bond donors (Lipinski definition) is 0. The second kappa shape index (κ2) is 8.40. The summed E-state index contributed by atoms with van der Waals surface area (Å²) in [5, 5.41) is 0. The van der Waals surface area contributed by atoms with Crippen LogP contribution in [-0.4, -0.2) is 0 Å². The Kier molecular flexibility index (Phi) is 9.49. The number of rotatable bonds is 0. The van der Waals surface area contributed by atoms with E-state index in [2.05, 4.69) is 0 Å². The summed E-state index contributed by atoms with van der Waals surface area (Å²) in [6.45, 7) is 0. The molecule has 0 aromatic rings. The summed E-state index contributed by atoms with van der Waals surface area (Å²) >= 11 is 14.6. The molecule has 0 heterocycles. The van der Waals surface area contributed by atoms with Gasteiger partial charge in [0.1, 0.15) is 0 Å². The van der Waals surface area contributed by atoms with Gasteiger partial charge in [-0.25, -0.2) is 0 Å². The van der Waals surface area contributed by atoms with Gasteiger partial charge in [0, 0.05) is 0 Å². The van der Waals surface area contributed by atoms with Crippen LogP contribution >= 0.6 is 39.7 Å². The summed E-state index contributed by atoms with van der Waals surface area (Å²) in [6.07, 6.45) is 9.00. The highest BCUT2D eigenvalue weighted by Gasteiger charge is 1.95. The minimum atomic E-state index is -1.20. The highest BCUT2D eigenvalue weighted by molar-refractivity contribution is 8.20. The van der Waals surface area contributed by atoms with Gasteiger partial charge in [-0.15, -0.1) is 0 Å². The Labute approximate surface area is 78.4 Å². The maximum Gasteiger partial charge on any atom is 0.179 e. The molecule has 1 aliphatic rings. The third kappa shape index (κ3) is 12.0. The normalized spacial score (nSPS) is 18.0. The van der Waals surface area contributed by atoms with E-state index in [1.54, 1.807) is 0 Å². The van der Waals surface area contributed by atoms with E-state index in [1.165, 1.54) is 38.5 Å². The quantitative estimate of drug-likeness (QED) is 0.489. The second-order valence-corrected chi connectivity index (χ2v) is 7.30. The predicted octanol–water partition coefficient (Wildman–Crippen LogP) is 5.27. The Morgan fingerprint density at radius 2 is 0.700 bits per heavy atom. The fourth-order valence-electron chi connectivity index (χ4n) is 1.06. The lowest BCUT2D eigenvalue weighted by molar-refractivity contribution is 0.504. The van der Waals surface area contributed by atoms with Gasteiger partial charge < -0.3 is 0 Å². The van der Waals surface area contributed by atoms with Gasteiger partial charge in [-0.1, -0.05) is 72.2 Å². The Hall–Kier alpha value is 1.30. The Balaban J connectivity index is 0.000000180. The van der Waals surface area contributed by atoms with Crippen LogP contribution in [0.4, 0.5) is 0 Å². The Morgan fingerprint density at radius 1 is 0.600 bits per heavy atom. The van der Waals surface area contributed by atoms with Crippen molar-refractivity contribution in [1.82, 2.24) is 0 Å². The number of halogens is 3. The zero-order valence-corrected chi connectivity index (χ0v) is 8.99. The monoisotopic (exact) mass is 220 g/mol. The first-order chi connectivity index (χ1) is 4.73. The van der Waals surface area contributed by atoms with Gasteiger partial charge in [-0.3, -0.25) is 0 Å². The molecule has 0 amide bonds. The highest BCUT2D eigenvalue weighted by Crippen LogP contribution is 2.51. The zero-order valence-electron chi connectivity index (χ0n) is 5.82. The van der Waals surface area contributed by atoms with Crippen LogP contribution in [0.3, 0.4) is 0 Å². The van der Waals surface area contributed by atoms with Crippen LogP contribution < -0.4 is 0 Å². The van der Waals surface area contributed by atoms with Crippen molar-refractivity contribution in [3.05, 3.63) is 0 Å². The molecule has 1 rings (SSSR count). The summed E-state index contributed by atoms with van der Waals surface area (Å²) in [7, 11) is 0. The molecule has 4 heteroatoms. The summed E-state index contributed by atoms with van der Waals surface area (Å²) in [4.78, 5) is 0. The van der Waals surface area contributed by atoms with E-state index in [1.807, 2.05) is 0 Å². The summed E-state index contributed by atoms with van der Waals surface area (Å²) in [5.74, 6) is -1.20. The van der Waals surface area contributed by atoms with E-state index >= 15 is 0 Å². The lowest BCUT2D eigenvalue weighted by Gasteiger charge is -2.05. The van der Waals surface area contributed by atoms with E-state index in [9.17, 15) is 0 Å². The Morgan fingerprint density at radius 3 is 0.800 bits per heavy atom. The van der Waals surface area contributed by atoms with Crippen LogP contribution in [0.25, 0.3) is 0 Å². The average molecular weight is 221 g/mol. The van der Waals surface area contributed by atoms with Crippen molar-refractivity contribution in [3.8, 4) is 0 Å². The fourth-order valence-corrected chi connectivity index (χ4v) is 1.06. The second-order valence-electron chi connectivity index (χ2n) is 2.31. The third-order valence-corrected chi connectivity index (χ3v) is 1.50. The van der Waals surface area contributed by atoms with Crippen molar-refractivity contribution in [2.24, 2.45) is 0 Å². The van der Waals surface area contributed by atoms with Gasteiger partial charge in [0.2, 0.25) is 0 Å². The van der Waals surface area contributed by atoms with Crippen molar-refractivity contribution < 1.29 is 0 Å². The Bertz CT molecular complexity index is 49.7. The molecule has 0 spiro atoms. The van der Waals surface area contributed by atoms with Gasteiger partial charge >= 0.3 is 0 Å². The lowest BCUT2D eigenvalue weighted by atomic mass is 10.0. The summed E-state index contributed by atoms with van der Waals surface area (Å²) in [6, 6.07) is 0. The zero-order chi connectivity index (χ0) is 7.82. The molecule has 0 aromatic carbocycles. The van der Waals surface area contributed by atoms with E-state index in [0.717, 1.165) is 0 Å². The first-order valence-corrected chi connectivity index (χ1v) is 7.56. The SMILES string of the molecule is C1CCCCC1.ClP(Cl)Cl. The van der Waals surface area contributed by atoms with Crippen molar-refractivity contribution in [2.45, 2.75) is 38.5 Å². The lowest BCUT2D eigenvalue weighted by Crippen LogP contribution is -1.85. The highest BCUT2D eigenvalue weighted by atomic mass is 36.0. The molecule has 62 valence electrons. The van der Waals surface area contributed by atoms with Gasteiger partial charge in [0.15, 0.2) is 5.98 Å². The van der Waals surface area contributed by atoms with E-state index in [0.29, 0.717) is 0 Å². The molecule has 0 radical (unpaired) electrons. The smallest absolute Gasteiger partial charge is 0.0596 e. The molecule has 0 nitrogen and oxygen atoms in total. The van der Waals surface area contributed by atoms with Crippen molar-refractivity contribution in [1.29, 1.82) is 0 Å². The molecule has 0 unspecified atom stereocenters. The van der Waals surface area contributed by atoms with E-state index in [4.69, 9.17) is 33.7 Å². The largest absolute Gasteiger partial charge is 0.179 e. The molecule has 1 aliphatic carbocycles. The van der Waals surface area contributed by atoms with Crippen LogP contribution in [0, 0.1) is 0 Å². The molecule has 1 fully saturated rings. The fraction of sp³-hybridized carbons (Fsp3) is 1.00.